The van der Waals surface area contributed by atoms with Crippen molar-refractivity contribution in [1.82, 2.24) is 20.5 Å². The predicted molar refractivity (Wildman–Crippen MR) is 183 cm³/mol. The zero-order valence-corrected chi connectivity index (χ0v) is 31.3. The average Bonchev–Trinajstić information content (AvgIpc) is 3.60. The first-order chi connectivity index (χ1) is 24.1. The molecule has 0 spiro atoms. The number of esters is 1. The number of hydrogen-bond acceptors (Lipinski definition) is 10. The average molecular weight is 739 g/mol. The molecule has 1 aromatic heterocycles. The van der Waals surface area contributed by atoms with Crippen LogP contribution in [0.1, 0.15) is 73.3 Å². The number of carbonyl (C=O) groups is 4. The number of likely N-dealkylation sites (tertiary alicyclic amines) is 1. The summed E-state index contributed by atoms with van der Waals surface area (Å²) in [4.78, 5) is 60.1. The Labute approximate surface area is 301 Å². The monoisotopic (exact) mass is 738 g/mol. The number of rotatable bonds is 12. The van der Waals surface area contributed by atoms with Crippen LogP contribution in [0, 0.1) is 18.3 Å². The van der Waals surface area contributed by atoms with E-state index in [4.69, 9.17) is 23.7 Å². The quantitative estimate of drug-likeness (QED) is 0.277. The lowest BCUT2D eigenvalue weighted by molar-refractivity contribution is -0.244. The molecule has 0 radical (unpaired) electrons. The van der Waals surface area contributed by atoms with Crippen molar-refractivity contribution in [3.8, 4) is 17.4 Å². The smallest absolute Gasteiger partial charge is 0.427 e. The van der Waals surface area contributed by atoms with E-state index in [1.165, 1.54) is 12.0 Å². The van der Waals surface area contributed by atoms with Gasteiger partial charge < -0.3 is 39.2 Å². The fourth-order valence-electron chi connectivity index (χ4n) is 6.47. The van der Waals surface area contributed by atoms with Crippen molar-refractivity contribution in [1.29, 1.82) is 0 Å². The van der Waals surface area contributed by atoms with Gasteiger partial charge in [0.1, 0.15) is 35.2 Å². The van der Waals surface area contributed by atoms with Crippen LogP contribution < -0.4 is 24.8 Å². The molecule has 2 aliphatic rings. The number of aryl methyl sites for hydroxylation is 1. The minimum Gasteiger partial charge on any atom is -0.496 e. The van der Waals surface area contributed by atoms with Crippen molar-refractivity contribution in [2.24, 2.45) is 11.3 Å². The molecule has 2 N–H and O–H groups in total. The largest absolute Gasteiger partial charge is 0.496 e. The Kier molecular flexibility index (Phi) is 11.5. The highest BCUT2D eigenvalue weighted by atomic mass is 19.4. The van der Waals surface area contributed by atoms with E-state index in [1.54, 1.807) is 53.0 Å². The summed E-state index contributed by atoms with van der Waals surface area (Å²) in [7, 11) is 2.76. The first-order valence-electron chi connectivity index (χ1n) is 17.2. The van der Waals surface area contributed by atoms with E-state index >= 15 is 0 Å². The van der Waals surface area contributed by atoms with Crippen molar-refractivity contribution >= 4 is 34.8 Å². The molecule has 3 amide bonds. The summed E-state index contributed by atoms with van der Waals surface area (Å²) in [5.74, 6) is -0.971. The van der Waals surface area contributed by atoms with Gasteiger partial charge in [0.2, 0.25) is 23.3 Å². The van der Waals surface area contributed by atoms with Gasteiger partial charge in [0.15, 0.2) is 0 Å². The molecule has 4 rings (SSSR count). The molecule has 5 atom stereocenters. The second-order valence-corrected chi connectivity index (χ2v) is 14.8. The predicted octanol–water partition coefficient (Wildman–Crippen LogP) is 5.24. The standard InChI is InChI=1S/C36H49F3N4O9/c1-11-20-17-35(20,31(46)49-10)42-29(44)23-15-21(51-25-16-26(50-12-2)40-27-19(3)24(48-9)14-13-22(25)27)18-43(23)30(45)28(33(4,5)6)41-32(47)52-34(7,8)36(37,38)39/h13-14,16,20-21,23,28H,11-12,15,17-18H2,1-10H3,(H,41,47)(H,42,44)/t20-,21-,23+,28-,35-/m1/s1. The Balaban J connectivity index is 1.72. The lowest BCUT2D eigenvalue weighted by atomic mass is 9.85. The number of fused-ring (bicyclic) bond motifs is 1. The summed E-state index contributed by atoms with van der Waals surface area (Å²) in [6, 6.07) is 2.51. The van der Waals surface area contributed by atoms with Crippen molar-refractivity contribution in [2.45, 2.75) is 110 Å². The van der Waals surface area contributed by atoms with Crippen molar-refractivity contribution < 1.29 is 56.0 Å². The number of alkyl halides is 3. The molecule has 2 aromatic rings. The highest BCUT2D eigenvalue weighted by Gasteiger charge is 2.62. The Morgan fingerprint density at radius 1 is 1.06 bits per heavy atom. The number of nitrogens with zero attached hydrogens (tertiary/aromatic N) is 2. The van der Waals surface area contributed by atoms with Gasteiger partial charge in [0.05, 0.1) is 32.9 Å². The van der Waals surface area contributed by atoms with Crippen LogP contribution in [0.4, 0.5) is 18.0 Å². The lowest BCUT2D eigenvalue weighted by Gasteiger charge is -2.36. The van der Waals surface area contributed by atoms with E-state index in [1.807, 2.05) is 13.8 Å². The molecule has 1 aliphatic carbocycles. The third-order valence-corrected chi connectivity index (χ3v) is 9.68. The summed E-state index contributed by atoms with van der Waals surface area (Å²) in [5.41, 5.74) is -3.89. The number of methoxy groups -OCH3 is 2. The number of alkyl carbamates (subject to hydrolysis) is 1. The summed E-state index contributed by atoms with van der Waals surface area (Å²) in [5, 5.41) is 5.76. The number of hydrogen-bond donors (Lipinski definition) is 2. The third-order valence-electron chi connectivity index (χ3n) is 9.68. The van der Waals surface area contributed by atoms with Gasteiger partial charge in [0, 0.05) is 23.4 Å². The number of halogens is 3. The van der Waals surface area contributed by atoms with Crippen molar-refractivity contribution in [2.75, 3.05) is 27.4 Å². The minimum absolute atomic E-state index is 0.0308. The van der Waals surface area contributed by atoms with E-state index in [0.29, 0.717) is 55.7 Å². The maximum absolute atomic E-state index is 14.4. The topological polar surface area (TPSA) is 155 Å². The van der Waals surface area contributed by atoms with Gasteiger partial charge in [-0.1, -0.05) is 34.1 Å². The van der Waals surface area contributed by atoms with Gasteiger partial charge in [-0.2, -0.15) is 13.2 Å². The highest BCUT2D eigenvalue weighted by molar-refractivity contribution is 5.96. The van der Waals surface area contributed by atoms with E-state index in [2.05, 4.69) is 15.6 Å². The van der Waals surface area contributed by atoms with Crippen LogP contribution in [0.2, 0.25) is 0 Å². The molecular formula is C36H49F3N4O9. The first-order valence-corrected chi connectivity index (χ1v) is 17.2. The number of carbonyl (C=O) groups excluding carboxylic acids is 4. The maximum Gasteiger partial charge on any atom is 0.427 e. The summed E-state index contributed by atoms with van der Waals surface area (Å²) < 4.78 is 68.1. The first kappa shape index (κ1) is 40.3. The Morgan fingerprint density at radius 2 is 1.73 bits per heavy atom. The van der Waals surface area contributed by atoms with E-state index in [0.717, 1.165) is 5.56 Å². The minimum atomic E-state index is -4.88. The van der Waals surface area contributed by atoms with Gasteiger partial charge >= 0.3 is 18.2 Å². The molecule has 288 valence electrons. The number of ether oxygens (including phenoxy) is 5. The van der Waals surface area contributed by atoms with Gasteiger partial charge in [0.25, 0.3) is 0 Å². The molecule has 1 saturated carbocycles. The molecule has 52 heavy (non-hydrogen) atoms. The van der Waals surface area contributed by atoms with Crippen LogP contribution in [-0.2, 0) is 23.9 Å². The summed E-state index contributed by atoms with van der Waals surface area (Å²) in [6.45, 7) is 11.9. The number of pyridine rings is 1. The molecule has 1 aromatic carbocycles. The molecule has 0 unspecified atom stereocenters. The van der Waals surface area contributed by atoms with E-state index in [9.17, 15) is 32.3 Å². The maximum atomic E-state index is 14.4. The fraction of sp³-hybridized carbons (Fsp3) is 0.639. The Morgan fingerprint density at radius 3 is 2.27 bits per heavy atom. The molecule has 16 heteroatoms. The van der Waals surface area contributed by atoms with E-state index < -0.39 is 64.8 Å². The van der Waals surface area contributed by atoms with Gasteiger partial charge in [-0.3, -0.25) is 9.59 Å². The molecule has 2 heterocycles. The Hall–Kier alpha value is -4.50. The molecule has 2 fully saturated rings. The van der Waals surface area contributed by atoms with Crippen LogP contribution in [-0.4, -0.2) is 96.6 Å². The summed E-state index contributed by atoms with van der Waals surface area (Å²) in [6.07, 6.45) is -6.24. The molecule has 0 bridgehead atoms. The van der Waals surface area contributed by atoms with Crippen LogP contribution in [0.15, 0.2) is 18.2 Å². The fourth-order valence-corrected chi connectivity index (χ4v) is 6.47. The number of aromatic nitrogens is 1. The van der Waals surface area contributed by atoms with E-state index in [-0.39, 0.29) is 24.8 Å². The molecule has 1 aliphatic heterocycles. The van der Waals surface area contributed by atoms with Crippen molar-refractivity contribution in [3.63, 3.8) is 0 Å². The summed E-state index contributed by atoms with van der Waals surface area (Å²) >= 11 is 0. The SMILES string of the molecule is CCOc1cc(O[C@@H]2C[C@@H](C(=O)N[C@]3(C(=O)OC)C[C@H]3CC)N(C(=O)[C@@H](NC(=O)OC(C)(C)C(F)(F)F)C(C)(C)C)C2)c2ccc(OC)c(C)c2n1. The van der Waals surface area contributed by atoms with Gasteiger partial charge in [-0.15, -0.1) is 0 Å². The second kappa shape index (κ2) is 14.9. The number of benzene rings is 1. The third kappa shape index (κ3) is 8.10. The van der Waals surface area contributed by atoms with Crippen LogP contribution in [0.25, 0.3) is 10.9 Å². The normalized spacial score (nSPS) is 22.3. The van der Waals surface area contributed by atoms with Crippen molar-refractivity contribution in [3.05, 3.63) is 23.8 Å². The molecule has 1 saturated heterocycles. The molecular weight excluding hydrogens is 689 g/mol. The highest BCUT2D eigenvalue weighted by Crippen LogP contribution is 2.47. The Bertz CT molecular complexity index is 1690. The molecule has 13 nitrogen and oxygen atoms in total. The zero-order chi connectivity index (χ0) is 39.0. The van der Waals surface area contributed by atoms with Crippen LogP contribution in [0.3, 0.4) is 0 Å². The lowest BCUT2D eigenvalue weighted by Crippen LogP contribution is -2.60. The van der Waals surface area contributed by atoms with Crippen LogP contribution >= 0.6 is 0 Å². The zero-order valence-electron chi connectivity index (χ0n) is 31.3. The van der Waals surface area contributed by atoms with Gasteiger partial charge in [-0.05, 0) is 57.6 Å². The second-order valence-electron chi connectivity index (χ2n) is 14.8. The number of amides is 3. The van der Waals surface area contributed by atoms with Crippen LogP contribution in [0.5, 0.6) is 17.4 Å². The van der Waals surface area contributed by atoms with Gasteiger partial charge in [-0.25, -0.2) is 14.6 Å². The number of nitrogens with one attached hydrogen (secondary N) is 2.